The van der Waals surface area contributed by atoms with Gasteiger partial charge in [0.05, 0.1) is 15.6 Å². The Hall–Kier alpha value is -1.96. The number of hydrogen-bond donors (Lipinski definition) is 1. The molecule has 0 spiro atoms. The number of nitrogens with one attached hydrogen (secondary N) is 1. The van der Waals surface area contributed by atoms with Crippen molar-refractivity contribution in [2.45, 2.75) is 6.54 Å². The molecule has 8 heteroatoms. The Bertz CT molecular complexity index is 583. The third kappa shape index (κ3) is 2.65. The summed E-state index contributed by atoms with van der Waals surface area (Å²) < 4.78 is 2.23. The van der Waals surface area contributed by atoms with Crippen LogP contribution in [0.4, 0.5) is 11.4 Å². The van der Waals surface area contributed by atoms with Crippen molar-refractivity contribution in [3.05, 3.63) is 44.9 Å². The topological polar surface area (TPSA) is 85.9 Å². The molecule has 0 aromatic carbocycles. The molecule has 0 atom stereocenters. The first-order valence-electron chi connectivity index (χ1n) is 5.07. The van der Waals surface area contributed by atoms with E-state index in [4.69, 9.17) is 0 Å². The summed E-state index contributed by atoms with van der Waals surface area (Å²) in [5.41, 5.74) is 1.29. The minimum Gasteiger partial charge on any atom is -0.374 e. The molecule has 0 radical (unpaired) electrons. The fourth-order valence-corrected chi connectivity index (χ4v) is 1.95. The Morgan fingerprint density at radius 2 is 2.28 bits per heavy atom. The molecule has 0 saturated heterocycles. The summed E-state index contributed by atoms with van der Waals surface area (Å²) in [5, 5.41) is 17.9. The molecule has 2 aromatic heterocycles. The van der Waals surface area contributed by atoms with E-state index in [2.05, 4.69) is 31.3 Å². The molecule has 1 N–H and O–H groups in total. The molecular formula is C10H10BrN5O2. The summed E-state index contributed by atoms with van der Waals surface area (Å²) in [6.45, 7) is 0.456. The van der Waals surface area contributed by atoms with Crippen molar-refractivity contribution in [1.29, 1.82) is 0 Å². The van der Waals surface area contributed by atoms with Crippen molar-refractivity contribution in [2.24, 2.45) is 7.05 Å². The maximum absolute atomic E-state index is 10.9. The third-order valence-electron chi connectivity index (χ3n) is 2.30. The molecule has 0 aliphatic heterocycles. The second-order valence-electron chi connectivity index (χ2n) is 3.65. The highest BCUT2D eigenvalue weighted by molar-refractivity contribution is 9.10. The van der Waals surface area contributed by atoms with Crippen molar-refractivity contribution in [2.75, 3.05) is 5.32 Å². The zero-order valence-corrected chi connectivity index (χ0v) is 11.1. The lowest BCUT2D eigenvalue weighted by atomic mass is 10.3. The molecule has 2 aromatic rings. The first kappa shape index (κ1) is 12.5. The average Bonchev–Trinajstić information content (AvgIpc) is 2.73. The van der Waals surface area contributed by atoms with Gasteiger partial charge in [0.15, 0.2) is 0 Å². The van der Waals surface area contributed by atoms with Crippen LogP contribution in [0, 0.1) is 10.1 Å². The normalized spacial score (nSPS) is 10.3. The first-order valence-corrected chi connectivity index (χ1v) is 5.86. The molecular weight excluding hydrogens is 302 g/mol. The fourth-order valence-electron chi connectivity index (χ4n) is 1.49. The van der Waals surface area contributed by atoms with E-state index in [9.17, 15) is 10.1 Å². The zero-order valence-electron chi connectivity index (χ0n) is 9.50. The van der Waals surface area contributed by atoms with Crippen molar-refractivity contribution >= 4 is 27.3 Å². The second-order valence-corrected chi connectivity index (χ2v) is 4.50. The number of aryl methyl sites for hydroxylation is 1. The molecule has 0 aliphatic carbocycles. The summed E-state index contributed by atoms with van der Waals surface area (Å²) >= 11 is 3.24. The van der Waals surface area contributed by atoms with Gasteiger partial charge in [0.1, 0.15) is 11.9 Å². The number of nitro groups is 1. The molecule has 94 valence electrons. The van der Waals surface area contributed by atoms with E-state index in [1.807, 2.05) is 13.2 Å². The lowest BCUT2D eigenvalue weighted by Crippen LogP contribution is -2.03. The van der Waals surface area contributed by atoms with Gasteiger partial charge in [-0.05, 0) is 15.9 Å². The molecule has 0 amide bonds. The largest absolute Gasteiger partial charge is 0.374 e. The highest BCUT2D eigenvalue weighted by Gasteiger charge is 2.16. The SMILES string of the molecule is Cn1cc(CNc2c(Br)cncc2[N+](=O)[O-])cn1. The Labute approximate surface area is 111 Å². The Kier molecular flexibility index (Phi) is 3.56. The lowest BCUT2D eigenvalue weighted by Gasteiger charge is -2.07. The lowest BCUT2D eigenvalue weighted by molar-refractivity contribution is -0.384. The van der Waals surface area contributed by atoms with Crippen LogP contribution in [0.1, 0.15) is 5.56 Å². The van der Waals surface area contributed by atoms with Gasteiger partial charge in [-0.3, -0.25) is 19.8 Å². The van der Waals surface area contributed by atoms with E-state index in [0.717, 1.165) is 5.56 Å². The first-order chi connectivity index (χ1) is 8.58. The minimum absolute atomic E-state index is 0.0618. The van der Waals surface area contributed by atoms with E-state index in [1.54, 1.807) is 10.9 Å². The quantitative estimate of drug-likeness (QED) is 0.690. The Balaban J connectivity index is 2.20. The van der Waals surface area contributed by atoms with Crippen LogP contribution in [0.3, 0.4) is 0 Å². The van der Waals surface area contributed by atoms with Crippen LogP contribution >= 0.6 is 15.9 Å². The molecule has 18 heavy (non-hydrogen) atoms. The summed E-state index contributed by atoms with van der Waals surface area (Å²) in [4.78, 5) is 14.2. The monoisotopic (exact) mass is 311 g/mol. The third-order valence-corrected chi connectivity index (χ3v) is 2.91. The molecule has 2 heterocycles. The van der Waals surface area contributed by atoms with Crippen molar-refractivity contribution in [3.8, 4) is 0 Å². The van der Waals surface area contributed by atoms with Gasteiger partial charge in [-0.1, -0.05) is 0 Å². The maximum atomic E-state index is 10.9. The maximum Gasteiger partial charge on any atom is 0.311 e. The second kappa shape index (κ2) is 5.13. The Morgan fingerprint density at radius 3 is 2.89 bits per heavy atom. The van der Waals surface area contributed by atoms with E-state index < -0.39 is 4.92 Å². The predicted molar refractivity (Wildman–Crippen MR) is 69.1 cm³/mol. The van der Waals surface area contributed by atoms with Crippen LogP contribution in [0.15, 0.2) is 29.3 Å². The number of rotatable bonds is 4. The van der Waals surface area contributed by atoms with Gasteiger partial charge in [0.2, 0.25) is 0 Å². The highest BCUT2D eigenvalue weighted by atomic mass is 79.9. The van der Waals surface area contributed by atoms with E-state index in [-0.39, 0.29) is 5.69 Å². The van der Waals surface area contributed by atoms with Crippen LogP contribution in [0.25, 0.3) is 0 Å². The van der Waals surface area contributed by atoms with Crippen molar-refractivity contribution in [1.82, 2.24) is 14.8 Å². The van der Waals surface area contributed by atoms with E-state index >= 15 is 0 Å². The molecule has 2 rings (SSSR count). The minimum atomic E-state index is -0.469. The van der Waals surface area contributed by atoms with Gasteiger partial charge < -0.3 is 5.32 Å². The number of hydrogen-bond acceptors (Lipinski definition) is 5. The van der Waals surface area contributed by atoms with Gasteiger partial charge >= 0.3 is 5.69 Å². The zero-order chi connectivity index (χ0) is 13.1. The Morgan fingerprint density at radius 1 is 1.50 bits per heavy atom. The van der Waals surface area contributed by atoms with Crippen molar-refractivity contribution in [3.63, 3.8) is 0 Å². The van der Waals surface area contributed by atoms with Crippen LogP contribution in [-0.2, 0) is 13.6 Å². The van der Waals surface area contributed by atoms with Crippen LogP contribution in [0.5, 0.6) is 0 Å². The van der Waals surface area contributed by atoms with Gasteiger partial charge in [-0.15, -0.1) is 0 Å². The van der Waals surface area contributed by atoms with Gasteiger partial charge in [0, 0.05) is 31.5 Å². The van der Waals surface area contributed by atoms with Gasteiger partial charge in [-0.2, -0.15) is 5.10 Å². The molecule has 0 bridgehead atoms. The standard InChI is InChI=1S/C10H10BrN5O2/c1-15-6-7(3-14-15)2-13-10-8(11)4-12-5-9(10)16(17)18/h3-6H,2H2,1H3,(H,12,13). The van der Waals surface area contributed by atoms with Crippen LogP contribution < -0.4 is 5.32 Å². The molecule has 0 unspecified atom stereocenters. The fraction of sp³-hybridized carbons (Fsp3) is 0.200. The molecule has 0 aliphatic rings. The average molecular weight is 312 g/mol. The number of anilines is 1. The summed E-state index contributed by atoms with van der Waals surface area (Å²) in [5.74, 6) is 0. The number of aromatic nitrogens is 3. The van der Waals surface area contributed by atoms with Crippen LogP contribution in [0.2, 0.25) is 0 Å². The van der Waals surface area contributed by atoms with E-state index in [1.165, 1.54) is 12.4 Å². The highest BCUT2D eigenvalue weighted by Crippen LogP contribution is 2.31. The molecule has 0 fully saturated rings. The number of pyridine rings is 1. The van der Waals surface area contributed by atoms with Crippen LogP contribution in [-0.4, -0.2) is 19.7 Å². The predicted octanol–water partition coefficient (Wildman–Crippen LogP) is 2.10. The summed E-state index contributed by atoms with van der Waals surface area (Å²) in [6.07, 6.45) is 6.27. The number of halogens is 1. The molecule has 0 saturated carbocycles. The summed E-state index contributed by atoms with van der Waals surface area (Å²) in [7, 11) is 1.81. The van der Waals surface area contributed by atoms with Crippen molar-refractivity contribution < 1.29 is 4.92 Å². The molecule has 7 nitrogen and oxygen atoms in total. The smallest absolute Gasteiger partial charge is 0.311 e. The summed E-state index contributed by atoms with van der Waals surface area (Å²) in [6, 6.07) is 0. The number of nitrogens with zero attached hydrogens (tertiary/aromatic N) is 4. The van der Waals surface area contributed by atoms with Gasteiger partial charge in [-0.25, -0.2) is 0 Å². The van der Waals surface area contributed by atoms with Gasteiger partial charge in [0.25, 0.3) is 0 Å². The van der Waals surface area contributed by atoms with E-state index in [0.29, 0.717) is 16.7 Å².